The molecule has 0 radical (unpaired) electrons. The van der Waals surface area contributed by atoms with Crippen LogP contribution in [0.1, 0.15) is 71.1 Å². The van der Waals surface area contributed by atoms with Crippen molar-refractivity contribution in [2.75, 3.05) is 59.5 Å². The molecule has 0 aromatic heterocycles. The standard InChI is InChI=1S/C60H115N3O46/c1-21(71)24(18-69)60(97,98)59(96)109-50(37(82)29(76)10-16-68)56(95)107-49(36(81)28(75)9-15-67)55(94)105-46-39(84)32(103-58(44(46)89)101-23-4-2-22(3-5-23)62-63-61)20-100-51(90)43(88)45(104-54(93)48(35(80)27(74)8-14-66)106-52(91)41(86)33(78)25(72)6-12-64)30(77)11-17-99-53(92)47(34(79)26(73)7-13-65)108-57-42(87)40(85)38(83)31(19-70)102-57/h21-59,64-98H,2-20H2,1H3/t21-,22?,23?,24?,25+,26+,27+,28+,29+,30+,31?,32?,33?,34?,35?,36?,37?,38+,39+,40?,41?,42?,43?,44?,45?,46?,47?,48?,49?,50?,51+,52+,53+,54?,55+,56+,57+,58+,59+/m0/s1. The van der Waals surface area contributed by atoms with Crippen molar-refractivity contribution in [1.82, 2.24) is 0 Å². The highest BCUT2D eigenvalue weighted by Gasteiger charge is 2.54. The Kier molecular flexibility index (Phi) is 45.7. The van der Waals surface area contributed by atoms with Gasteiger partial charge in [0.25, 0.3) is 0 Å². The fraction of sp³-hybridized carbons (Fsp3) is 1.00. The molecule has 0 aromatic carbocycles. The van der Waals surface area contributed by atoms with Gasteiger partial charge in [0.1, 0.15) is 122 Å². The maximum atomic E-state index is 12.0. The van der Waals surface area contributed by atoms with Gasteiger partial charge in [-0.3, -0.25) is 0 Å². The quantitative estimate of drug-likeness (QED) is 0.0116. The SMILES string of the molecule is C[C@H](O)C(CO)C(O)(O)[C@H](O)OC(C(O)[C@H](O)CCO)[C@H](O)OC(C(O)[C@H](O)CCO)[C@H](O)OC1C(O)[C@H](OC2CCC(N=[N+]=[N-])CC2)OC(CO[C@@H](O)C(O)C(OC(O)C(O[C@@H](O)C(O)C(O)[C@H](O)CCO)C(O)[C@H](O)CCO)[C@H](O)CCO[C@@H](O)C(O[C@H]2OC(CO)[C@@H](O)C(O)C2O)C(O)[C@H](O)CCO)[C@H]1O. The molecule has 109 heavy (non-hydrogen) atoms. The first-order chi connectivity index (χ1) is 51.2. The number of azide groups is 1. The number of rotatable bonds is 55. The molecule has 3 rings (SSSR count). The summed E-state index contributed by atoms with van der Waals surface area (Å²) in [7, 11) is 0. The number of hydrogen-bond donors (Lipinski definition) is 35. The van der Waals surface area contributed by atoms with Crippen molar-refractivity contribution in [3.8, 4) is 0 Å². The van der Waals surface area contributed by atoms with Gasteiger partial charge in [-0.2, -0.15) is 0 Å². The minimum absolute atomic E-state index is 0.0519. The molecule has 0 aromatic rings. The molecular formula is C60H115N3O46. The largest absolute Gasteiger partial charge is 0.396 e. The number of ether oxygens (including phenoxy) is 11. The Bertz CT molecular complexity index is 2460. The monoisotopic (exact) mass is 1610 g/mol. The van der Waals surface area contributed by atoms with Gasteiger partial charge >= 0.3 is 0 Å². The van der Waals surface area contributed by atoms with E-state index >= 15 is 0 Å². The van der Waals surface area contributed by atoms with Gasteiger partial charge in [0, 0.05) is 44.0 Å². The summed E-state index contributed by atoms with van der Waals surface area (Å²) in [5.41, 5.74) is 9.05. The summed E-state index contributed by atoms with van der Waals surface area (Å²) >= 11 is 0. The van der Waals surface area contributed by atoms with Crippen molar-refractivity contribution < 1.29 is 231 Å². The fourth-order valence-corrected chi connectivity index (χ4v) is 11.7. The molecule has 0 bridgehead atoms. The molecule has 3 aliphatic rings. The van der Waals surface area contributed by atoms with Crippen LogP contribution in [0.5, 0.6) is 0 Å². The Hall–Kier alpha value is -2.53. The Morgan fingerprint density at radius 3 is 1.34 bits per heavy atom. The number of aliphatic hydroxyl groups is 35. The van der Waals surface area contributed by atoms with E-state index in [2.05, 4.69) is 10.0 Å². The van der Waals surface area contributed by atoms with E-state index in [4.69, 9.17) is 57.6 Å². The van der Waals surface area contributed by atoms with Crippen molar-refractivity contribution in [2.24, 2.45) is 11.0 Å². The van der Waals surface area contributed by atoms with Gasteiger partial charge in [-0.25, -0.2) is 0 Å². The van der Waals surface area contributed by atoms with E-state index in [1.54, 1.807) is 0 Å². The van der Waals surface area contributed by atoms with Crippen LogP contribution in [-0.4, -0.2) is 478 Å². The molecule has 49 heteroatoms. The minimum atomic E-state index is -3.71. The molecule has 49 nitrogen and oxygen atoms in total. The summed E-state index contributed by atoms with van der Waals surface area (Å²) < 4.78 is 60.2. The van der Waals surface area contributed by atoms with Crippen molar-refractivity contribution in [3.05, 3.63) is 10.4 Å². The van der Waals surface area contributed by atoms with E-state index in [-0.39, 0.29) is 25.7 Å². The predicted octanol–water partition coefficient (Wildman–Crippen LogP) is -17.9. The molecular weight excluding hydrogens is 1500 g/mol. The Labute approximate surface area is 620 Å². The molecule has 37 atom stereocenters. The molecule has 2 saturated heterocycles. The molecule has 20 unspecified atom stereocenters. The van der Waals surface area contributed by atoms with Gasteiger partial charge in [0.15, 0.2) is 50.3 Å². The van der Waals surface area contributed by atoms with Crippen LogP contribution in [0.15, 0.2) is 5.11 Å². The zero-order valence-corrected chi connectivity index (χ0v) is 58.9. The lowest BCUT2D eigenvalue weighted by Gasteiger charge is -2.45. The highest BCUT2D eigenvalue weighted by molar-refractivity contribution is 4.96. The van der Waals surface area contributed by atoms with Crippen LogP contribution in [0.2, 0.25) is 0 Å². The van der Waals surface area contributed by atoms with E-state index < -0.39 is 343 Å². The first kappa shape index (κ1) is 101. The summed E-state index contributed by atoms with van der Waals surface area (Å²) in [6.45, 7) is -8.21. The lowest BCUT2D eigenvalue weighted by Crippen LogP contribution is -2.63. The number of aliphatic hydroxyl groups excluding tert-OH is 33. The van der Waals surface area contributed by atoms with Gasteiger partial charge in [-0.1, -0.05) is 5.11 Å². The first-order valence-corrected chi connectivity index (χ1v) is 34.8. The van der Waals surface area contributed by atoms with Gasteiger partial charge in [0.2, 0.25) is 12.1 Å². The van der Waals surface area contributed by atoms with Gasteiger partial charge < -0.3 is 231 Å². The smallest absolute Gasteiger partial charge is 0.223 e. The normalized spacial score (nSPS) is 30.8. The van der Waals surface area contributed by atoms with E-state index in [1.807, 2.05) is 0 Å². The maximum absolute atomic E-state index is 12.0. The van der Waals surface area contributed by atoms with Crippen LogP contribution >= 0.6 is 0 Å². The lowest BCUT2D eigenvalue weighted by molar-refractivity contribution is -0.379. The summed E-state index contributed by atoms with van der Waals surface area (Å²) in [5, 5.41) is 381. The highest BCUT2D eigenvalue weighted by atomic mass is 16.8. The molecule has 3 fully saturated rings. The van der Waals surface area contributed by atoms with Crippen LogP contribution in [-0.2, 0) is 52.1 Å². The summed E-state index contributed by atoms with van der Waals surface area (Å²) in [6.07, 6.45) is -94.0. The van der Waals surface area contributed by atoms with E-state index in [0.29, 0.717) is 0 Å². The van der Waals surface area contributed by atoms with Crippen LogP contribution in [0.3, 0.4) is 0 Å². The lowest BCUT2D eigenvalue weighted by atomic mass is 9.93. The summed E-state index contributed by atoms with van der Waals surface area (Å²) in [5.74, 6) is -5.81. The zero-order valence-electron chi connectivity index (χ0n) is 58.9. The van der Waals surface area contributed by atoms with Crippen molar-refractivity contribution in [1.29, 1.82) is 0 Å². The van der Waals surface area contributed by atoms with E-state index in [1.165, 1.54) is 0 Å². The highest BCUT2D eigenvalue weighted by Crippen LogP contribution is 2.35. The third kappa shape index (κ3) is 29.3. The topological polar surface area (TPSA) is 858 Å². The van der Waals surface area contributed by atoms with Crippen molar-refractivity contribution in [2.45, 2.75) is 310 Å². The zero-order chi connectivity index (χ0) is 82.6. The van der Waals surface area contributed by atoms with Crippen molar-refractivity contribution in [3.63, 3.8) is 0 Å². The molecule has 2 heterocycles. The molecule has 0 spiro atoms. The van der Waals surface area contributed by atoms with Crippen LogP contribution in [0, 0.1) is 5.92 Å². The molecule has 646 valence electrons. The number of nitrogens with zero attached hydrogens (tertiary/aromatic N) is 3. The Balaban J connectivity index is 2.19. The van der Waals surface area contributed by atoms with Crippen molar-refractivity contribution >= 4 is 0 Å². The maximum Gasteiger partial charge on any atom is 0.223 e. The van der Waals surface area contributed by atoms with Gasteiger partial charge in [0.05, 0.1) is 81.2 Å². The van der Waals surface area contributed by atoms with Gasteiger partial charge in [-0.15, -0.1) is 0 Å². The van der Waals surface area contributed by atoms with E-state index in [9.17, 15) is 179 Å². The third-order valence-electron chi connectivity index (χ3n) is 18.5. The minimum Gasteiger partial charge on any atom is -0.396 e. The molecule has 1 aliphatic carbocycles. The molecule has 0 amide bonds. The number of hydrogen-bond acceptors (Lipinski definition) is 47. The van der Waals surface area contributed by atoms with Gasteiger partial charge in [-0.05, 0) is 76.7 Å². The molecule has 1 saturated carbocycles. The Morgan fingerprint density at radius 1 is 0.422 bits per heavy atom. The Morgan fingerprint density at radius 2 is 0.872 bits per heavy atom. The third-order valence-corrected chi connectivity index (χ3v) is 18.5. The predicted molar refractivity (Wildman–Crippen MR) is 345 cm³/mol. The van der Waals surface area contributed by atoms with Crippen LogP contribution < -0.4 is 0 Å². The van der Waals surface area contributed by atoms with Crippen LogP contribution in [0.4, 0.5) is 0 Å². The molecule has 2 aliphatic heterocycles. The summed E-state index contributed by atoms with van der Waals surface area (Å²) in [6, 6.07) is -0.561. The second-order valence-corrected chi connectivity index (χ2v) is 26.5. The summed E-state index contributed by atoms with van der Waals surface area (Å²) in [4.78, 5) is 2.78. The second-order valence-electron chi connectivity index (χ2n) is 26.5. The molecule has 35 N–H and O–H groups in total. The second kappa shape index (κ2) is 49.5. The average molecular weight is 1610 g/mol. The fourth-order valence-electron chi connectivity index (χ4n) is 11.7. The van der Waals surface area contributed by atoms with Crippen LogP contribution in [0.25, 0.3) is 10.4 Å². The average Bonchev–Trinajstić information content (AvgIpc) is 0.798. The van der Waals surface area contributed by atoms with E-state index in [0.717, 1.165) is 6.92 Å². The first-order valence-electron chi connectivity index (χ1n) is 34.8.